The zero-order chi connectivity index (χ0) is 8.85. The van der Waals surface area contributed by atoms with E-state index in [-0.39, 0.29) is 6.61 Å². The van der Waals surface area contributed by atoms with Crippen molar-refractivity contribution in [3.8, 4) is 0 Å². The maximum absolute atomic E-state index is 10.7. The Morgan fingerprint density at radius 3 is 2.64 bits per heavy atom. The van der Waals surface area contributed by atoms with Gasteiger partial charge in [-0.2, -0.15) is 5.06 Å². The molecule has 0 fully saturated rings. The molecule has 0 aromatic rings. The first-order chi connectivity index (χ1) is 5.04. The molecule has 1 N–H and O–H groups in total. The first-order valence-corrected chi connectivity index (χ1v) is 3.26. The number of hydrogen-bond donors (Lipinski definition) is 1. The molecule has 0 saturated heterocycles. The van der Waals surface area contributed by atoms with Gasteiger partial charge in [-0.25, -0.2) is 4.79 Å². The zero-order valence-electron chi connectivity index (χ0n) is 6.83. The molecule has 0 bridgehead atoms. The van der Waals surface area contributed by atoms with Crippen molar-refractivity contribution in [3.63, 3.8) is 0 Å². The Labute approximate surface area is 66.0 Å². The van der Waals surface area contributed by atoms with E-state index >= 15 is 0 Å². The van der Waals surface area contributed by atoms with Crippen LogP contribution in [0.15, 0.2) is 12.2 Å². The summed E-state index contributed by atoms with van der Waals surface area (Å²) in [7, 11) is 1.48. The monoisotopic (exact) mass is 159 g/mol. The molecule has 0 aliphatic rings. The first-order valence-electron chi connectivity index (χ1n) is 3.26. The van der Waals surface area contributed by atoms with Crippen LogP contribution in [0.25, 0.3) is 0 Å². The van der Waals surface area contributed by atoms with E-state index in [4.69, 9.17) is 5.21 Å². The number of likely N-dealkylation sites (N-methyl/N-ethyl adjacent to an activating group) is 1. The predicted molar refractivity (Wildman–Crippen MR) is 40.2 cm³/mol. The summed E-state index contributed by atoms with van der Waals surface area (Å²) in [5.74, 6) is -0.424. The second-order valence-electron chi connectivity index (χ2n) is 2.30. The van der Waals surface area contributed by atoms with Gasteiger partial charge in [0, 0.05) is 12.6 Å². The summed E-state index contributed by atoms with van der Waals surface area (Å²) in [6, 6.07) is 0. The molecule has 64 valence electrons. The Morgan fingerprint density at radius 1 is 1.73 bits per heavy atom. The minimum atomic E-state index is -0.424. The largest absolute Gasteiger partial charge is 0.461 e. The van der Waals surface area contributed by atoms with Gasteiger partial charge in [-0.05, 0) is 6.92 Å². The molecule has 4 nitrogen and oxygen atoms in total. The van der Waals surface area contributed by atoms with E-state index in [2.05, 4.69) is 11.3 Å². The third kappa shape index (κ3) is 5.57. The smallest absolute Gasteiger partial charge is 0.333 e. The number of hydrogen-bond acceptors (Lipinski definition) is 4. The number of rotatable bonds is 4. The number of nitrogens with zero attached hydrogens (tertiary/aromatic N) is 1. The molecule has 0 aromatic heterocycles. The third-order valence-corrected chi connectivity index (χ3v) is 0.997. The van der Waals surface area contributed by atoms with E-state index in [9.17, 15) is 4.79 Å². The molecule has 4 heteroatoms. The van der Waals surface area contributed by atoms with Crippen molar-refractivity contribution in [1.29, 1.82) is 0 Å². The van der Waals surface area contributed by atoms with E-state index in [1.807, 2.05) is 0 Å². The van der Waals surface area contributed by atoms with Crippen LogP contribution < -0.4 is 0 Å². The highest BCUT2D eigenvalue weighted by atomic mass is 16.5. The molecule has 0 radical (unpaired) electrons. The molecule has 0 amide bonds. The molecule has 0 rings (SSSR count). The van der Waals surface area contributed by atoms with Crippen LogP contribution in [0.2, 0.25) is 0 Å². The maximum Gasteiger partial charge on any atom is 0.333 e. The standard InChI is InChI=1S/C7H13NO3/c1-6(2)7(9)11-5-4-8(3)10/h10H,1,4-5H2,2-3H3. The van der Waals surface area contributed by atoms with Gasteiger partial charge >= 0.3 is 5.97 Å². The average molecular weight is 159 g/mol. The summed E-state index contributed by atoms with van der Waals surface area (Å²) in [6.45, 7) is 5.46. The van der Waals surface area contributed by atoms with Crippen molar-refractivity contribution in [3.05, 3.63) is 12.2 Å². The van der Waals surface area contributed by atoms with Crippen molar-refractivity contribution in [2.24, 2.45) is 0 Å². The van der Waals surface area contributed by atoms with Crippen LogP contribution in [-0.2, 0) is 9.53 Å². The van der Waals surface area contributed by atoms with Gasteiger partial charge in [0.25, 0.3) is 0 Å². The molecule has 0 unspecified atom stereocenters. The van der Waals surface area contributed by atoms with E-state index in [1.54, 1.807) is 6.92 Å². The van der Waals surface area contributed by atoms with Gasteiger partial charge in [-0.1, -0.05) is 6.58 Å². The van der Waals surface area contributed by atoms with Crippen molar-refractivity contribution in [2.45, 2.75) is 6.92 Å². The Morgan fingerprint density at radius 2 is 2.27 bits per heavy atom. The lowest BCUT2D eigenvalue weighted by Crippen LogP contribution is -2.20. The first kappa shape index (κ1) is 10.1. The van der Waals surface area contributed by atoms with Crippen LogP contribution in [0.5, 0.6) is 0 Å². The van der Waals surface area contributed by atoms with Crippen molar-refractivity contribution >= 4 is 5.97 Å². The van der Waals surface area contributed by atoms with Gasteiger partial charge in [-0.15, -0.1) is 0 Å². The highest BCUT2D eigenvalue weighted by Gasteiger charge is 2.02. The van der Waals surface area contributed by atoms with Gasteiger partial charge in [0.05, 0.1) is 6.54 Å². The highest BCUT2D eigenvalue weighted by molar-refractivity contribution is 5.86. The Kier molecular flexibility index (Phi) is 4.49. The van der Waals surface area contributed by atoms with Crippen molar-refractivity contribution in [2.75, 3.05) is 20.2 Å². The van der Waals surface area contributed by atoms with E-state index in [0.29, 0.717) is 12.1 Å². The fourth-order valence-electron chi connectivity index (χ4n) is 0.394. The molecule has 0 spiro atoms. The minimum absolute atomic E-state index is 0.179. The average Bonchev–Trinajstić information content (AvgIpc) is 1.86. The van der Waals surface area contributed by atoms with E-state index in [1.165, 1.54) is 7.05 Å². The number of carbonyl (C=O) groups excluding carboxylic acids is 1. The summed E-state index contributed by atoms with van der Waals surface area (Å²) < 4.78 is 4.67. The van der Waals surface area contributed by atoms with E-state index < -0.39 is 5.97 Å². The van der Waals surface area contributed by atoms with Crippen LogP contribution >= 0.6 is 0 Å². The second kappa shape index (κ2) is 4.87. The molecular formula is C7H13NO3. The number of ether oxygens (including phenoxy) is 1. The SMILES string of the molecule is C=C(C)C(=O)OCCN(C)O. The van der Waals surface area contributed by atoms with Gasteiger partial charge in [-0.3, -0.25) is 0 Å². The summed E-state index contributed by atoms with van der Waals surface area (Å²) in [5, 5.41) is 9.57. The quantitative estimate of drug-likeness (QED) is 0.367. The van der Waals surface area contributed by atoms with Crippen molar-refractivity contribution in [1.82, 2.24) is 5.06 Å². The van der Waals surface area contributed by atoms with Gasteiger partial charge in [0.1, 0.15) is 6.61 Å². The topological polar surface area (TPSA) is 49.8 Å². The van der Waals surface area contributed by atoms with Gasteiger partial charge in [0.2, 0.25) is 0 Å². The number of esters is 1. The Hall–Kier alpha value is -0.870. The Balaban J connectivity index is 3.40. The molecule has 0 aromatic carbocycles. The molecular weight excluding hydrogens is 146 g/mol. The molecule has 11 heavy (non-hydrogen) atoms. The summed E-state index contributed by atoms with van der Waals surface area (Å²) in [6.07, 6.45) is 0. The maximum atomic E-state index is 10.7. The lowest BCUT2D eigenvalue weighted by molar-refractivity contribution is -0.142. The lowest BCUT2D eigenvalue weighted by atomic mass is 10.4. The van der Waals surface area contributed by atoms with Gasteiger partial charge < -0.3 is 9.94 Å². The molecule has 0 atom stereocenters. The van der Waals surface area contributed by atoms with Crippen LogP contribution in [-0.4, -0.2) is 36.4 Å². The summed E-state index contributed by atoms with van der Waals surface area (Å²) in [5.41, 5.74) is 0.366. The van der Waals surface area contributed by atoms with Crippen LogP contribution in [0.1, 0.15) is 6.92 Å². The van der Waals surface area contributed by atoms with Crippen LogP contribution in [0, 0.1) is 0 Å². The predicted octanol–water partition coefficient (Wildman–Crippen LogP) is 0.427. The molecule has 0 aliphatic heterocycles. The highest BCUT2D eigenvalue weighted by Crippen LogP contribution is 1.91. The minimum Gasteiger partial charge on any atom is -0.461 e. The van der Waals surface area contributed by atoms with Crippen molar-refractivity contribution < 1.29 is 14.7 Å². The molecule has 0 heterocycles. The Bertz CT molecular complexity index is 154. The summed E-state index contributed by atoms with van der Waals surface area (Å²) >= 11 is 0. The van der Waals surface area contributed by atoms with Crippen LogP contribution in [0.3, 0.4) is 0 Å². The number of hydroxylamine groups is 2. The fourth-order valence-corrected chi connectivity index (χ4v) is 0.394. The third-order valence-electron chi connectivity index (χ3n) is 0.997. The van der Waals surface area contributed by atoms with Crippen LogP contribution in [0.4, 0.5) is 0 Å². The van der Waals surface area contributed by atoms with Gasteiger partial charge in [0.15, 0.2) is 0 Å². The van der Waals surface area contributed by atoms with E-state index in [0.717, 1.165) is 5.06 Å². The number of carbonyl (C=O) groups is 1. The second-order valence-corrected chi connectivity index (χ2v) is 2.30. The molecule has 0 aliphatic carbocycles. The fraction of sp³-hybridized carbons (Fsp3) is 0.571. The zero-order valence-corrected chi connectivity index (χ0v) is 6.83. The summed E-state index contributed by atoms with van der Waals surface area (Å²) in [4.78, 5) is 10.7. The molecule has 0 saturated carbocycles. The lowest BCUT2D eigenvalue weighted by Gasteiger charge is -2.07. The normalized spacial score (nSPS) is 9.82.